The summed E-state index contributed by atoms with van der Waals surface area (Å²) in [6, 6.07) is 8.53. The van der Waals surface area contributed by atoms with Crippen LogP contribution in [0.25, 0.3) is 11.3 Å². The second kappa shape index (κ2) is 6.39. The largest absolute Gasteiger partial charge is 0.478 e. The molecule has 0 amide bonds. The topological polar surface area (TPSA) is 62.5 Å². The number of aromatic carboxylic acids is 1. The van der Waals surface area contributed by atoms with Crippen LogP contribution in [0.15, 0.2) is 34.7 Å². The van der Waals surface area contributed by atoms with E-state index >= 15 is 0 Å². The van der Waals surface area contributed by atoms with Gasteiger partial charge in [-0.15, -0.1) is 0 Å². The normalized spacial score (nSPS) is 31.4. The van der Waals surface area contributed by atoms with Gasteiger partial charge < -0.3 is 14.8 Å². The fourth-order valence-electron chi connectivity index (χ4n) is 6.07. The van der Waals surface area contributed by atoms with Crippen LogP contribution in [0.2, 0.25) is 5.02 Å². The van der Waals surface area contributed by atoms with Crippen molar-refractivity contribution in [2.75, 3.05) is 0 Å². The van der Waals surface area contributed by atoms with Gasteiger partial charge in [0.25, 0.3) is 0 Å². The maximum absolute atomic E-state index is 11.2. The molecule has 4 bridgehead atoms. The van der Waals surface area contributed by atoms with E-state index in [1.54, 1.807) is 12.1 Å². The summed E-state index contributed by atoms with van der Waals surface area (Å²) in [6.45, 7) is 0.711. The highest BCUT2D eigenvalue weighted by Crippen LogP contribution is 2.55. The van der Waals surface area contributed by atoms with E-state index in [4.69, 9.17) is 16.0 Å². The van der Waals surface area contributed by atoms with E-state index < -0.39 is 5.97 Å². The van der Waals surface area contributed by atoms with Gasteiger partial charge in [0, 0.05) is 11.1 Å². The Balaban J connectivity index is 1.32. The molecule has 4 saturated carbocycles. The Kier molecular flexibility index (Phi) is 4.10. The van der Waals surface area contributed by atoms with Gasteiger partial charge in [-0.1, -0.05) is 11.6 Å². The molecule has 0 radical (unpaired) electrons. The van der Waals surface area contributed by atoms with Crippen LogP contribution in [0.3, 0.4) is 0 Å². The zero-order chi connectivity index (χ0) is 18.6. The highest BCUT2D eigenvalue weighted by molar-refractivity contribution is 6.33. The Morgan fingerprint density at radius 1 is 1.11 bits per heavy atom. The third-order valence-electron chi connectivity index (χ3n) is 6.82. The number of carboxylic acid groups (broad SMARTS) is 1. The molecule has 4 nitrogen and oxygen atoms in total. The van der Waals surface area contributed by atoms with E-state index in [0.717, 1.165) is 23.5 Å². The zero-order valence-electron chi connectivity index (χ0n) is 15.2. The van der Waals surface area contributed by atoms with E-state index in [0.29, 0.717) is 28.4 Å². The number of carboxylic acids is 1. The number of benzene rings is 1. The molecule has 0 saturated heterocycles. The van der Waals surface area contributed by atoms with Gasteiger partial charge in [-0.3, -0.25) is 0 Å². The van der Waals surface area contributed by atoms with Crippen LogP contribution >= 0.6 is 11.6 Å². The molecule has 0 aliphatic heterocycles. The van der Waals surface area contributed by atoms with Crippen molar-refractivity contribution in [1.82, 2.24) is 5.32 Å². The Morgan fingerprint density at radius 3 is 2.41 bits per heavy atom. The highest BCUT2D eigenvalue weighted by Gasteiger charge is 2.50. The lowest BCUT2D eigenvalue weighted by atomic mass is 9.53. The van der Waals surface area contributed by atoms with Crippen LogP contribution in [0, 0.1) is 17.8 Å². The summed E-state index contributed by atoms with van der Waals surface area (Å²) in [5, 5.41) is 13.5. The first-order valence-corrected chi connectivity index (χ1v) is 10.2. The maximum atomic E-state index is 11.2. The summed E-state index contributed by atoms with van der Waals surface area (Å²) >= 11 is 6.26. The van der Waals surface area contributed by atoms with Gasteiger partial charge in [0.1, 0.15) is 11.5 Å². The monoisotopic (exact) mass is 385 g/mol. The number of hydrogen-bond acceptors (Lipinski definition) is 3. The minimum atomic E-state index is -0.969. The van der Waals surface area contributed by atoms with Gasteiger partial charge in [-0.05, 0) is 86.6 Å². The molecule has 2 aromatic rings. The van der Waals surface area contributed by atoms with Gasteiger partial charge in [0.2, 0.25) is 0 Å². The molecule has 0 unspecified atom stereocenters. The Hall–Kier alpha value is -1.78. The summed E-state index contributed by atoms with van der Waals surface area (Å²) in [6.07, 6.45) is 8.22. The summed E-state index contributed by atoms with van der Waals surface area (Å²) in [7, 11) is 0. The lowest BCUT2D eigenvalue weighted by Crippen LogP contribution is -2.58. The molecule has 1 aromatic carbocycles. The molecule has 0 spiro atoms. The molecule has 6 rings (SSSR count). The molecule has 4 fully saturated rings. The lowest BCUT2D eigenvalue weighted by molar-refractivity contribution is -0.0213. The van der Waals surface area contributed by atoms with E-state index in [2.05, 4.69) is 5.32 Å². The van der Waals surface area contributed by atoms with Crippen molar-refractivity contribution < 1.29 is 14.3 Å². The fraction of sp³-hybridized carbons (Fsp3) is 0.500. The van der Waals surface area contributed by atoms with Crippen molar-refractivity contribution in [3.05, 3.63) is 46.7 Å². The van der Waals surface area contributed by atoms with Crippen molar-refractivity contribution in [1.29, 1.82) is 0 Å². The summed E-state index contributed by atoms with van der Waals surface area (Å²) < 4.78 is 6.01. The van der Waals surface area contributed by atoms with E-state index in [-0.39, 0.29) is 5.56 Å². The Labute approximate surface area is 163 Å². The summed E-state index contributed by atoms with van der Waals surface area (Å²) in [5.41, 5.74) is 1.12. The standard InChI is InChI=1S/C22H24ClNO3/c23-19-3-1-16(21(25)26)8-18(19)20-4-2-17(27-20)12-24-22-9-13-5-14(10-22)7-15(6-13)11-22/h1-4,8,13-15,24H,5-7,9-12H2,(H,25,26). The zero-order valence-corrected chi connectivity index (χ0v) is 16.0. The van der Waals surface area contributed by atoms with Crippen molar-refractivity contribution in [2.45, 2.75) is 50.6 Å². The number of furan rings is 1. The highest BCUT2D eigenvalue weighted by atomic mass is 35.5. The molecule has 1 heterocycles. The molecule has 4 aliphatic rings. The smallest absolute Gasteiger partial charge is 0.335 e. The number of rotatable bonds is 5. The van der Waals surface area contributed by atoms with Gasteiger partial charge >= 0.3 is 5.97 Å². The van der Waals surface area contributed by atoms with Crippen LogP contribution in [-0.4, -0.2) is 16.6 Å². The van der Waals surface area contributed by atoms with Crippen molar-refractivity contribution >= 4 is 17.6 Å². The van der Waals surface area contributed by atoms with Crippen LogP contribution < -0.4 is 5.32 Å². The van der Waals surface area contributed by atoms with Gasteiger partial charge in [-0.2, -0.15) is 0 Å². The number of hydrogen-bond donors (Lipinski definition) is 2. The van der Waals surface area contributed by atoms with Crippen LogP contribution in [0.1, 0.15) is 54.6 Å². The summed E-state index contributed by atoms with van der Waals surface area (Å²) in [4.78, 5) is 11.2. The predicted molar refractivity (Wildman–Crippen MR) is 104 cm³/mol. The number of halogens is 1. The molecule has 4 aliphatic carbocycles. The molecule has 5 heteroatoms. The lowest BCUT2D eigenvalue weighted by Gasteiger charge is -2.57. The quantitative estimate of drug-likeness (QED) is 0.727. The van der Waals surface area contributed by atoms with E-state index in [9.17, 15) is 9.90 Å². The first-order chi connectivity index (χ1) is 13.0. The van der Waals surface area contributed by atoms with Crippen molar-refractivity contribution in [3.63, 3.8) is 0 Å². The molecule has 27 heavy (non-hydrogen) atoms. The molecular weight excluding hydrogens is 362 g/mol. The number of carbonyl (C=O) groups is 1. The van der Waals surface area contributed by atoms with Crippen molar-refractivity contribution in [2.24, 2.45) is 17.8 Å². The minimum absolute atomic E-state index is 0.207. The second-order valence-electron chi connectivity index (χ2n) is 8.82. The Bertz CT molecular complexity index is 852. The van der Waals surface area contributed by atoms with Crippen LogP contribution in [0.4, 0.5) is 0 Å². The first-order valence-electron chi connectivity index (χ1n) is 9.87. The molecule has 142 valence electrons. The number of nitrogens with one attached hydrogen (secondary N) is 1. The predicted octanol–water partition coefficient (Wildman–Crippen LogP) is 5.36. The van der Waals surface area contributed by atoms with Gasteiger partial charge in [-0.25, -0.2) is 4.79 Å². The van der Waals surface area contributed by atoms with Gasteiger partial charge in [0.05, 0.1) is 17.1 Å². The second-order valence-corrected chi connectivity index (χ2v) is 9.22. The molecule has 2 N–H and O–H groups in total. The SMILES string of the molecule is O=C(O)c1ccc(Cl)c(-c2ccc(CNC34CC5CC(CC(C5)C3)C4)o2)c1. The fourth-order valence-corrected chi connectivity index (χ4v) is 6.28. The third-order valence-corrected chi connectivity index (χ3v) is 7.15. The average Bonchev–Trinajstić information content (AvgIpc) is 3.08. The maximum Gasteiger partial charge on any atom is 0.335 e. The average molecular weight is 386 g/mol. The minimum Gasteiger partial charge on any atom is -0.478 e. The third kappa shape index (κ3) is 3.19. The molecule has 1 aromatic heterocycles. The summed E-state index contributed by atoms with van der Waals surface area (Å²) in [5.74, 6) is 3.25. The Morgan fingerprint density at radius 2 is 1.78 bits per heavy atom. The first kappa shape index (κ1) is 17.3. The van der Waals surface area contributed by atoms with E-state index in [1.165, 1.54) is 44.6 Å². The van der Waals surface area contributed by atoms with Crippen molar-refractivity contribution in [3.8, 4) is 11.3 Å². The molecule has 0 atom stereocenters. The van der Waals surface area contributed by atoms with Gasteiger partial charge in [0.15, 0.2) is 0 Å². The van der Waals surface area contributed by atoms with E-state index in [1.807, 2.05) is 12.1 Å². The van der Waals surface area contributed by atoms with Crippen LogP contribution in [0.5, 0.6) is 0 Å². The molecular formula is C22H24ClNO3. The van der Waals surface area contributed by atoms with Crippen LogP contribution in [-0.2, 0) is 6.54 Å².